The fourth-order valence-electron chi connectivity index (χ4n) is 6.16. The molecule has 0 aromatic heterocycles. The molecule has 164 valence electrons. The second-order valence-corrected chi connectivity index (χ2v) is 9.69. The van der Waals surface area contributed by atoms with Gasteiger partial charge < -0.3 is 18.4 Å². The summed E-state index contributed by atoms with van der Waals surface area (Å²) in [5.41, 5.74) is 1.13. The molecule has 30 heavy (non-hydrogen) atoms. The summed E-state index contributed by atoms with van der Waals surface area (Å²) in [5.74, 6) is -0.0156. The lowest BCUT2D eigenvalue weighted by Gasteiger charge is -2.52. The second kappa shape index (κ2) is 8.35. The summed E-state index contributed by atoms with van der Waals surface area (Å²) in [6.07, 6.45) is 4.80. The zero-order valence-electron chi connectivity index (χ0n) is 18.4. The first-order valence-corrected chi connectivity index (χ1v) is 11.5. The van der Waals surface area contributed by atoms with Gasteiger partial charge in [0.1, 0.15) is 19.2 Å². The molecule has 4 atom stereocenters. The highest BCUT2D eigenvalue weighted by molar-refractivity contribution is 6.67. The van der Waals surface area contributed by atoms with E-state index in [1.54, 1.807) is 0 Å². The minimum Gasteiger partial charge on any atom is -0.600 e. The lowest BCUT2D eigenvalue weighted by atomic mass is 9.53. The highest BCUT2D eigenvalue weighted by Gasteiger charge is 2.72. The molecule has 0 bridgehead atoms. The van der Waals surface area contributed by atoms with Gasteiger partial charge in [-0.25, -0.2) is 0 Å². The van der Waals surface area contributed by atoms with Crippen molar-refractivity contribution in [1.29, 1.82) is 0 Å². The van der Waals surface area contributed by atoms with E-state index in [4.69, 9.17) is 14.0 Å². The number of fused-ring (bicyclic) bond motifs is 1. The zero-order chi connectivity index (χ0) is 21.4. The summed E-state index contributed by atoms with van der Waals surface area (Å²) in [7, 11) is 0. The van der Waals surface area contributed by atoms with Crippen LogP contribution in [0.5, 0.6) is 0 Å². The molecule has 2 heterocycles. The normalized spacial score (nSPS) is 35.0. The van der Waals surface area contributed by atoms with Crippen molar-refractivity contribution >= 4 is 18.6 Å². The third kappa shape index (κ3) is 3.56. The van der Waals surface area contributed by atoms with Crippen LogP contribution in [0.2, 0.25) is 5.82 Å². The third-order valence-corrected chi connectivity index (χ3v) is 7.74. The maximum absolute atomic E-state index is 12.6. The van der Waals surface area contributed by atoms with Crippen LogP contribution in [0.3, 0.4) is 0 Å². The van der Waals surface area contributed by atoms with Gasteiger partial charge in [-0.2, -0.15) is 0 Å². The van der Waals surface area contributed by atoms with Gasteiger partial charge in [-0.15, -0.1) is 0 Å². The molecule has 0 amide bonds. The van der Waals surface area contributed by atoms with Crippen LogP contribution in [-0.4, -0.2) is 48.3 Å². The quantitative estimate of drug-likeness (QED) is 0.604. The van der Waals surface area contributed by atoms with Crippen molar-refractivity contribution in [2.24, 2.45) is 5.92 Å². The van der Waals surface area contributed by atoms with E-state index in [0.29, 0.717) is 16.9 Å². The van der Waals surface area contributed by atoms with E-state index in [0.717, 1.165) is 37.7 Å². The molecule has 0 spiro atoms. The Hall–Kier alpha value is -1.86. The Morgan fingerprint density at radius 2 is 1.77 bits per heavy atom. The molecule has 0 N–H and O–H groups in total. The summed E-state index contributed by atoms with van der Waals surface area (Å²) >= 11 is 0. The van der Waals surface area contributed by atoms with Gasteiger partial charge in [0.25, 0.3) is 0 Å². The smallest absolute Gasteiger partial charge is 0.587 e. The molecule has 1 aliphatic carbocycles. The fraction of sp³-hybridized carbons (Fsp3) is 0.652. The van der Waals surface area contributed by atoms with E-state index >= 15 is 0 Å². The van der Waals surface area contributed by atoms with E-state index < -0.39 is 6.69 Å². The van der Waals surface area contributed by atoms with Crippen LogP contribution in [0.1, 0.15) is 58.4 Å². The Bertz CT molecular complexity index is 765. The topological polar surface area (TPSA) is 61.8 Å². The van der Waals surface area contributed by atoms with Gasteiger partial charge in [-0.05, 0) is 36.6 Å². The fourth-order valence-corrected chi connectivity index (χ4v) is 6.16. The standard InChI is InChI=1S/C23H34BNO5/c1-4-17(2)13-18(3)24-25(14-22(26)29-24,15-23(27)30-24)20-11-8-12-21(20)28-16-19-9-6-5-7-10-19/h5-7,9-10,17-18,20-21H,4,8,11-16H2,1-3H3/t17-,18+,20?,21-,24?,25?/m0/s1. The molecule has 2 aliphatic heterocycles. The Labute approximate surface area is 179 Å². The number of ether oxygens (including phenoxy) is 1. The van der Waals surface area contributed by atoms with E-state index in [9.17, 15) is 9.59 Å². The summed E-state index contributed by atoms with van der Waals surface area (Å²) in [5, 5.41) is 0. The Balaban J connectivity index is 1.61. The minimum atomic E-state index is -2.07. The summed E-state index contributed by atoms with van der Waals surface area (Å²) in [4.78, 5) is 25.2. The lowest BCUT2D eigenvalue weighted by molar-refractivity contribution is -0.846. The Morgan fingerprint density at radius 1 is 1.10 bits per heavy atom. The highest BCUT2D eigenvalue weighted by Crippen LogP contribution is 2.50. The molecule has 2 saturated heterocycles. The molecule has 1 aromatic rings. The predicted octanol–water partition coefficient (Wildman–Crippen LogP) is 3.82. The SMILES string of the molecule is CC[C@H](C)C[C@@H](C)[B-]12OC(=O)C[N+]1(C1CCC[C@@H]1OCc1ccccc1)CC(=O)O2. The van der Waals surface area contributed by atoms with Gasteiger partial charge in [0.05, 0.1) is 12.6 Å². The summed E-state index contributed by atoms with van der Waals surface area (Å²) in [6, 6.07) is 10.2. The molecule has 3 aliphatic rings. The van der Waals surface area contributed by atoms with E-state index in [-0.39, 0.29) is 43.0 Å². The van der Waals surface area contributed by atoms with Gasteiger partial charge in [-0.3, -0.25) is 9.59 Å². The second-order valence-electron chi connectivity index (χ2n) is 9.69. The summed E-state index contributed by atoms with van der Waals surface area (Å²) < 4.78 is 18.6. The van der Waals surface area contributed by atoms with Crippen molar-refractivity contribution in [3.63, 3.8) is 0 Å². The number of hydrogen-bond donors (Lipinski definition) is 0. The van der Waals surface area contributed by atoms with Crippen molar-refractivity contribution < 1.29 is 28.0 Å². The van der Waals surface area contributed by atoms with E-state index in [1.165, 1.54) is 0 Å². The largest absolute Gasteiger partial charge is 0.600 e. The number of quaternary nitrogens is 1. The number of carbonyl (C=O) groups excluding carboxylic acids is 2. The molecular formula is C23H34BNO5. The lowest BCUT2D eigenvalue weighted by Crippen LogP contribution is -2.70. The molecule has 3 fully saturated rings. The van der Waals surface area contributed by atoms with Crippen molar-refractivity contribution in [3.05, 3.63) is 35.9 Å². The van der Waals surface area contributed by atoms with Gasteiger partial charge in [0, 0.05) is 0 Å². The first-order valence-electron chi connectivity index (χ1n) is 11.5. The average molecular weight is 415 g/mol. The first kappa shape index (κ1) is 21.4. The average Bonchev–Trinajstić information content (AvgIpc) is 3.37. The number of rotatable bonds is 8. The Kier molecular flexibility index (Phi) is 5.95. The molecular weight excluding hydrogens is 381 g/mol. The molecule has 1 aromatic carbocycles. The molecule has 1 saturated carbocycles. The van der Waals surface area contributed by atoms with Gasteiger partial charge in [0.2, 0.25) is 0 Å². The van der Waals surface area contributed by atoms with Crippen LogP contribution in [0.4, 0.5) is 0 Å². The molecule has 7 heteroatoms. The number of benzene rings is 1. The van der Waals surface area contributed by atoms with Gasteiger partial charge in [0.15, 0.2) is 0 Å². The number of nitrogens with zero attached hydrogens (tertiary/aromatic N) is 1. The number of carbonyl (C=O) groups is 2. The first-order chi connectivity index (χ1) is 14.4. The van der Waals surface area contributed by atoms with Crippen molar-refractivity contribution in [3.8, 4) is 0 Å². The van der Waals surface area contributed by atoms with E-state index in [2.05, 4.69) is 32.9 Å². The third-order valence-electron chi connectivity index (χ3n) is 7.74. The molecule has 0 radical (unpaired) electrons. The Morgan fingerprint density at radius 3 is 2.40 bits per heavy atom. The van der Waals surface area contributed by atoms with Crippen molar-refractivity contribution in [2.75, 3.05) is 13.1 Å². The zero-order valence-corrected chi connectivity index (χ0v) is 18.4. The van der Waals surface area contributed by atoms with Crippen LogP contribution >= 0.6 is 0 Å². The van der Waals surface area contributed by atoms with Crippen LogP contribution in [0, 0.1) is 5.92 Å². The molecule has 1 unspecified atom stereocenters. The van der Waals surface area contributed by atoms with Gasteiger partial charge >= 0.3 is 18.6 Å². The molecule has 4 rings (SSSR count). The van der Waals surface area contributed by atoms with E-state index in [1.807, 2.05) is 18.2 Å². The predicted molar refractivity (Wildman–Crippen MR) is 114 cm³/mol. The maximum Gasteiger partial charge on any atom is 0.587 e. The monoisotopic (exact) mass is 415 g/mol. The highest BCUT2D eigenvalue weighted by atomic mass is 16.7. The summed E-state index contributed by atoms with van der Waals surface area (Å²) in [6.45, 7) is 5.35. The van der Waals surface area contributed by atoms with Crippen LogP contribution < -0.4 is 0 Å². The van der Waals surface area contributed by atoms with Crippen molar-refractivity contribution in [2.45, 2.75) is 77.4 Å². The van der Waals surface area contributed by atoms with Crippen molar-refractivity contribution in [1.82, 2.24) is 0 Å². The van der Waals surface area contributed by atoms with Crippen LogP contribution in [-0.2, 0) is 30.2 Å². The van der Waals surface area contributed by atoms with Crippen LogP contribution in [0.15, 0.2) is 30.3 Å². The van der Waals surface area contributed by atoms with Gasteiger partial charge in [-0.1, -0.05) is 63.9 Å². The minimum absolute atomic E-state index is 0.00627. The molecule has 6 nitrogen and oxygen atoms in total. The van der Waals surface area contributed by atoms with Crippen LogP contribution in [0.25, 0.3) is 0 Å². The maximum atomic E-state index is 12.6. The number of hydrogen-bond acceptors (Lipinski definition) is 5.